The molecule has 15 nitrogen and oxygen atoms in total. The molecule has 45 heavy (non-hydrogen) atoms. The van der Waals surface area contributed by atoms with Gasteiger partial charge in [-0.1, -0.05) is 18.2 Å². The zero-order valence-corrected chi connectivity index (χ0v) is 23.8. The highest BCUT2D eigenvalue weighted by Gasteiger charge is 2.89. The maximum atomic E-state index is 13.8. The Morgan fingerprint density at radius 1 is 0.933 bits per heavy atom. The van der Waals surface area contributed by atoms with Gasteiger partial charge in [0, 0.05) is 12.3 Å². The zero-order valence-electron chi connectivity index (χ0n) is 23.8. The van der Waals surface area contributed by atoms with Crippen molar-refractivity contribution in [2.24, 2.45) is 11.3 Å². The SMILES string of the molecule is C[C@]12C[C@@H](OC(=O)c3cc(O)c(O)c(O)c3)[C@@H]3C[C@]1(O[C@@H]1O[C@H](CO)[C@@H](O)[C@H](O)[C@H]1O)[C@]3(COC(=O)c1ccccc1)C(=O)O2. The topological polar surface area (TPSA) is 239 Å². The van der Waals surface area contributed by atoms with E-state index in [9.17, 15) is 50.1 Å². The standard InChI is InChI=1S/C30H32O15/c1-28-10-18(42-25(39)14-7-16(32)20(34)17(33)8-14)15-9-30(28,44-26-23(37)22(36)21(35)19(11-31)43-26)29(15,27(40)45-28)12-41-24(38)13-5-3-2-4-6-13/h2-8,15,18-19,21-23,26,31-37H,9-12H2,1H3/t15-,18+,19+,21+,22-,23+,26-,28-,29-,30+/m0/s1. The van der Waals surface area contributed by atoms with Crippen LogP contribution in [0.3, 0.4) is 0 Å². The highest BCUT2D eigenvalue weighted by molar-refractivity contribution is 5.92. The summed E-state index contributed by atoms with van der Waals surface area (Å²) in [7, 11) is 0. The van der Waals surface area contributed by atoms with Crippen molar-refractivity contribution in [1.82, 2.24) is 0 Å². The molecular formula is C30H32O15. The van der Waals surface area contributed by atoms with Crippen LogP contribution in [0.15, 0.2) is 42.5 Å². The first-order valence-electron chi connectivity index (χ1n) is 14.2. The third-order valence-corrected chi connectivity index (χ3v) is 9.61. The number of benzene rings is 2. The van der Waals surface area contributed by atoms with Gasteiger partial charge in [-0.2, -0.15) is 0 Å². The van der Waals surface area contributed by atoms with Gasteiger partial charge in [0.15, 0.2) is 23.5 Å². The summed E-state index contributed by atoms with van der Waals surface area (Å²) in [5.41, 5.74) is -5.17. The smallest absolute Gasteiger partial charge is 0.338 e. The summed E-state index contributed by atoms with van der Waals surface area (Å²) in [4.78, 5) is 39.9. The Labute approximate surface area is 255 Å². The number of carbonyl (C=O) groups excluding carboxylic acids is 3. The molecule has 4 bridgehead atoms. The Balaban J connectivity index is 1.34. The van der Waals surface area contributed by atoms with Gasteiger partial charge in [-0.3, -0.25) is 4.79 Å². The molecule has 5 aliphatic rings. The highest BCUT2D eigenvalue weighted by atomic mass is 16.7. The molecule has 0 spiro atoms. The molecule has 242 valence electrons. The van der Waals surface area contributed by atoms with E-state index >= 15 is 0 Å². The lowest BCUT2D eigenvalue weighted by Crippen LogP contribution is -2.80. The fourth-order valence-corrected chi connectivity index (χ4v) is 7.21. The molecule has 2 aliphatic heterocycles. The van der Waals surface area contributed by atoms with Crippen LogP contribution >= 0.6 is 0 Å². The number of carbonyl (C=O) groups is 3. The number of hydrogen-bond acceptors (Lipinski definition) is 15. The third kappa shape index (κ3) is 4.45. The van der Waals surface area contributed by atoms with E-state index in [1.807, 2.05) is 0 Å². The molecule has 2 aromatic rings. The maximum absolute atomic E-state index is 13.8. The Morgan fingerprint density at radius 2 is 1.60 bits per heavy atom. The van der Waals surface area contributed by atoms with Crippen molar-refractivity contribution in [3.63, 3.8) is 0 Å². The molecule has 10 atom stereocenters. The van der Waals surface area contributed by atoms with Gasteiger partial charge in [0.1, 0.15) is 53.7 Å². The molecule has 0 aromatic heterocycles. The number of aromatic hydroxyl groups is 3. The molecule has 3 aliphatic carbocycles. The summed E-state index contributed by atoms with van der Waals surface area (Å²) in [6.45, 7) is 0.170. The van der Waals surface area contributed by atoms with Crippen LogP contribution in [-0.4, -0.2) is 115 Å². The van der Waals surface area contributed by atoms with Crippen molar-refractivity contribution in [2.45, 2.75) is 67.8 Å². The van der Waals surface area contributed by atoms with E-state index in [-0.39, 0.29) is 24.0 Å². The van der Waals surface area contributed by atoms with Gasteiger partial charge in [0.25, 0.3) is 0 Å². The highest BCUT2D eigenvalue weighted by Crippen LogP contribution is 2.74. The largest absolute Gasteiger partial charge is 0.504 e. The lowest BCUT2D eigenvalue weighted by Gasteiger charge is -2.66. The second-order valence-electron chi connectivity index (χ2n) is 12.0. The van der Waals surface area contributed by atoms with Gasteiger partial charge >= 0.3 is 17.9 Å². The van der Waals surface area contributed by atoms with Gasteiger partial charge < -0.3 is 59.4 Å². The van der Waals surface area contributed by atoms with Crippen LogP contribution in [0.4, 0.5) is 0 Å². The summed E-state index contributed by atoms with van der Waals surface area (Å²) in [5.74, 6) is -5.87. The number of hydrogen-bond donors (Lipinski definition) is 7. The summed E-state index contributed by atoms with van der Waals surface area (Å²) in [6, 6.07) is 9.73. The zero-order chi connectivity index (χ0) is 32.5. The second kappa shape index (κ2) is 10.8. The summed E-state index contributed by atoms with van der Waals surface area (Å²) in [5, 5.41) is 70.5. The Morgan fingerprint density at radius 3 is 2.24 bits per heavy atom. The first kappa shape index (κ1) is 31.0. The number of fused-ring (bicyclic) bond motifs is 1. The van der Waals surface area contributed by atoms with E-state index in [0.717, 1.165) is 12.1 Å². The van der Waals surface area contributed by atoms with Gasteiger partial charge in [-0.05, 0) is 37.6 Å². The molecule has 2 saturated heterocycles. The Hall–Kier alpha value is -3.99. The number of esters is 3. The van der Waals surface area contributed by atoms with Gasteiger partial charge in [-0.15, -0.1) is 0 Å². The van der Waals surface area contributed by atoms with E-state index in [2.05, 4.69) is 0 Å². The number of aliphatic hydroxyl groups is 4. The van der Waals surface area contributed by atoms with Crippen molar-refractivity contribution >= 4 is 17.9 Å². The van der Waals surface area contributed by atoms with E-state index in [4.69, 9.17) is 23.7 Å². The first-order chi connectivity index (χ1) is 21.3. The normalized spacial score (nSPS) is 38.2. The molecule has 7 N–H and O–H groups in total. The number of aliphatic hydroxyl groups excluding tert-OH is 4. The Bertz CT molecular complexity index is 1490. The number of phenolic OH excluding ortho intramolecular Hbond substituents is 3. The van der Waals surface area contributed by atoms with Crippen LogP contribution in [0.5, 0.6) is 17.2 Å². The summed E-state index contributed by atoms with van der Waals surface area (Å²) >= 11 is 0. The first-order valence-corrected chi connectivity index (χ1v) is 14.2. The molecular weight excluding hydrogens is 600 g/mol. The minimum atomic E-state index is -1.82. The molecule has 3 saturated carbocycles. The molecule has 7 rings (SSSR count). The summed E-state index contributed by atoms with van der Waals surface area (Å²) in [6.07, 6.45) is -9.49. The van der Waals surface area contributed by atoms with Gasteiger partial charge in [0.2, 0.25) is 0 Å². The molecule has 15 heteroatoms. The van der Waals surface area contributed by atoms with Crippen LogP contribution in [0, 0.1) is 11.3 Å². The fraction of sp³-hybridized carbons (Fsp3) is 0.500. The summed E-state index contributed by atoms with van der Waals surface area (Å²) < 4.78 is 29.1. The predicted molar refractivity (Wildman–Crippen MR) is 145 cm³/mol. The number of rotatable bonds is 8. The van der Waals surface area contributed by atoms with E-state index in [0.29, 0.717) is 0 Å². The lowest BCUT2D eigenvalue weighted by atomic mass is 9.40. The fourth-order valence-electron chi connectivity index (χ4n) is 7.21. The van der Waals surface area contributed by atoms with E-state index in [1.165, 1.54) is 19.1 Å². The molecule has 0 unspecified atom stereocenters. The van der Waals surface area contributed by atoms with Crippen molar-refractivity contribution in [3.8, 4) is 17.2 Å². The van der Waals surface area contributed by atoms with Crippen LogP contribution in [0.2, 0.25) is 0 Å². The van der Waals surface area contributed by atoms with Crippen molar-refractivity contribution in [2.75, 3.05) is 13.2 Å². The van der Waals surface area contributed by atoms with Crippen molar-refractivity contribution < 1.29 is 73.8 Å². The number of ether oxygens (including phenoxy) is 5. The lowest BCUT2D eigenvalue weighted by molar-refractivity contribution is -0.393. The van der Waals surface area contributed by atoms with E-state index < -0.39 is 108 Å². The van der Waals surface area contributed by atoms with Gasteiger partial charge in [0.05, 0.1) is 17.7 Å². The maximum Gasteiger partial charge on any atom is 0.338 e. The molecule has 2 heterocycles. The van der Waals surface area contributed by atoms with Crippen LogP contribution in [-0.2, 0) is 28.5 Å². The minimum absolute atomic E-state index is 0.0445. The van der Waals surface area contributed by atoms with Crippen LogP contribution in [0.25, 0.3) is 0 Å². The molecule has 2 aromatic carbocycles. The van der Waals surface area contributed by atoms with Crippen molar-refractivity contribution in [3.05, 3.63) is 53.6 Å². The van der Waals surface area contributed by atoms with E-state index in [1.54, 1.807) is 18.2 Å². The van der Waals surface area contributed by atoms with Crippen LogP contribution < -0.4 is 0 Å². The average Bonchev–Trinajstić information content (AvgIpc) is 3.07. The molecule has 0 radical (unpaired) electrons. The monoisotopic (exact) mass is 632 g/mol. The molecule has 0 amide bonds. The minimum Gasteiger partial charge on any atom is -0.504 e. The van der Waals surface area contributed by atoms with Gasteiger partial charge in [-0.25, -0.2) is 9.59 Å². The molecule has 5 fully saturated rings. The third-order valence-electron chi connectivity index (χ3n) is 9.61. The quantitative estimate of drug-likeness (QED) is 0.110. The van der Waals surface area contributed by atoms with Crippen LogP contribution in [0.1, 0.15) is 40.5 Å². The van der Waals surface area contributed by atoms with Crippen molar-refractivity contribution in [1.29, 1.82) is 0 Å². The Kier molecular flexibility index (Phi) is 7.46. The second-order valence-corrected chi connectivity index (χ2v) is 12.0. The number of phenols is 3. The predicted octanol–water partition coefficient (Wildman–Crippen LogP) is -0.533. The average molecular weight is 633 g/mol.